The van der Waals surface area contributed by atoms with Crippen LogP contribution in [0.25, 0.3) is 0 Å². The molecule has 10 heavy (non-hydrogen) atoms. The molecular formula is C6H9NOS2. The van der Waals surface area contributed by atoms with Crippen molar-refractivity contribution in [1.29, 1.82) is 0 Å². The van der Waals surface area contributed by atoms with Gasteiger partial charge in [-0.1, -0.05) is 37.4 Å². The largest absolute Gasteiger partial charge is 0.272 e. The number of thioether (sulfide) groups is 2. The molecule has 0 aromatic heterocycles. The van der Waals surface area contributed by atoms with Gasteiger partial charge < -0.3 is 0 Å². The van der Waals surface area contributed by atoms with Gasteiger partial charge >= 0.3 is 0 Å². The van der Waals surface area contributed by atoms with Gasteiger partial charge in [-0.15, -0.1) is 0 Å². The zero-order chi connectivity index (χ0) is 7.56. The normalized spacial score (nSPS) is 18.3. The predicted octanol–water partition coefficient (Wildman–Crippen LogP) is 1.76. The van der Waals surface area contributed by atoms with Crippen LogP contribution in [0, 0.1) is 0 Å². The minimum Gasteiger partial charge on any atom is -0.272 e. The van der Waals surface area contributed by atoms with E-state index in [0.29, 0.717) is 11.0 Å². The van der Waals surface area contributed by atoms with Gasteiger partial charge in [0.1, 0.15) is 4.38 Å². The van der Waals surface area contributed by atoms with Crippen LogP contribution in [0.4, 0.5) is 0 Å². The number of hydrogen-bond acceptors (Lipinski definition) is 3. The topological polar surface area (TPSA) is 29.4 Å². The summed E-state index contributed by atoms with van der Waals surface area (Å²) in [5.41, 5.74) is 0. The molecule has 0 saturated heterocycles. The van der Waals surface area contributed by atoms with E-state index in [4.69, 9.17) is 0 Å². The van der Waals surface area contributed by atoms with Crippen molar-refractivity contribution in [3.05, 3.63) is 0 Å². The first-order valence-electron chi connectivity index (χ1n) is 3.09. The van der Waals surface area contributed by atoms with Crippen molar-refractivity contribution < 1.29 is 4.79 Å². The Bertz CT molecular complexity index is 177. The Balaban J connectivity index is 2.43. The lowest BCUT2D eigenvalue weighted by atomic mass is 10.6. The molecule has 1 amide bonds. The van der Waals surface area contributed by atoms with Crippen LogP contribution in [0.1, 0.15) is 13.8 Å². The number of nitrogens with zero attached hydrogens (tertiary/aromatic N) is 1. The fourth-order valence-electron chi connectivity index (χ4n) is 0.552. The third kappa shape index (κ3) is 2.34. The van der Waals surface area contributed by atoms with Crippen molar-refractivity contribution in [3.8, 4) is 0 Å². The van der Waals surface area contributed by atoms with Crippen LogP contribution in [-0.4, -0.2) is 21.3 Å². The Hall–Kier alpha value is 0.0400. The molecule has 0 atom stereocenters. The lowest BCUT2D eigenvalue weighted by Gasteiger charge is -2.00. The molecule has 1 aliphatic heterocycles. The molecule has 0 bridgehead atoms. The first kappa shape index (κ1) is 8.14. The maximum atomic E-state index is 10.6. The van der Waals surface area contributed by atoms with E-state index in [9.17, 15) is 4.79 Å². The highest BCUT2D eigenvalue weighted by molar-refractivity contribution is 8.39. The molecule has 0 unspecified atom stereocenters. The third-order valence-corrected chi connectivity index (χ3v) is 3.01. The van der Waals surface area contributed by atoms with E-state index in [-0.39, 0.29) is 5.91 Å². The van der Waals surface area contributed by atoms with E-state index >= 15 is 0 Å². The molecule has 0 saturated carbocycles. The van der Waals surface area contributed by atoms with Crippen LogP contribution in [0.2, 0.25) is 0 Å². The second-order valence-corrected chi connectivity index (χ2v) is 5.01. The van der Waals surface area contributed by atoms with Gasteiger partial charge in [0.05, 0.1) is 5.75 Å². The summed E-state index contributed by atoms with van der Waals surface area (Å²) >= 11 is 3.20. The number of amides is 1. The summed E-state index contributed by atoms with van der Waals surface area (Å²) in [6.07, 6.45) is 0. The van der Waals surface area contributed by atoms with Gasteiger partial charge in [0.25, 0.3) is 5.91 Å². The van der Waals surface area contributed by atoms with Crippen molar-refractivity contribution >= 4 is 33.8 Å². The zero-order valence-electron chi connectivity index (χ0n) is 5.96. The molecule has 0 aromatic rings. The predicted molar refractivity (Wildman–Crippen MR) is 47.6 cm³/mol. The van der Waals surface area contributed by atoms with Gasteiger partial charge in [-0.3, -0.25) is 4.79 Å². The average molecular weight is 175 g/mol. The lowest BCUT2D eigenvalue weighted by molar-refractivity contribution is -0.115. The molecule has 0 radical (unpaired) electrons. The van der Waals surface area contributed by atoms with Crippen molar-refractivity contribution in [2.24, 2.45) is 4.99 Å². The van der Waals surface area contributed by atoms with E-state index in [0.717, 1.165) is 4.38 Å². The van der Waals surface area contributed by atoms with E-state index in [1.165, 1.54) is 0 Å². The third-order valence-electron chi connectivity index (χ3n) is 0.872. The molecule has 1 rings (SSSR count). The van der Waals surface area contributed by atoms with Crippen LogP contribution in [0.15, 0.2) is 4.99 Å². The Labute approximate surface area is 68.9 Å². The Morgan fingerprint density at radius 1 is 1.70 bits per heavy atom. The van der Waals surface area contributed by atoms with Crippen molar-refractivity contribution in [1.82, 2.24) is 0 Å². The summed E-state index contributed by atoms with van der Waals surface area (Å²) in [7, 11) is 0. The van der Waals surface area contributed by atoms with Gasteiger partial charge in [-0.05, 0) is 0 Å². The zero-order valence-corrected chi connectivity index (χ0v) is 7.59. The number of rotatable bonds is 1. The maximum Gasteiger partial charge on any atom is 0.257 e. The SMILES string of the molecule is CC(C)SC1=NC(=O)CS1. The first-order valence-corrected chi connectivity index (χ1v) is 4.96. The van der Waals surface area contributed by atoms with Gasteiger partial charge in [-0.25, -0.2) is 0 Å². The van der Waals surface area contributed by atoms with Crippen molar-refractivity contribution in [3.63, 3.8) is 0 Å². The highest BCUT2D eigenvalue weighted by Crippen LogP contribution is 2.25. The molecule has 0 spiro atoms. The van der Waals surface area contributed by atoms with E-state index in [2.05, 4.69) is 18.8 Å². The molecule has 56 valence electrons. The van der Waals surface area contributed by atoms with Crippen LogP contribution in [0.5, 0.6) is 0 Å². The molecule has 0 N–H and O–H groups in total. The fraction of sp³-hybridized carbons (Fsp3) is 0.667. The van der Waals surface area contributed by atoms with Gasteiger partial charge in [0.2, 0.25) is 0 Å². The van der Waals surface area contributed by atoms with Crippen LogP contribution in [0.3, 0.4) is 0 Å². The molecule has 1 aliphatic rings. The minimum absolute atomic E-state index is 0.00755. The van der Waals surface area contributed by atoms with Crippen molar-refractivity contribution in [2.45, 2.75) is 19.1 Å². The van der Waals surface area contributed by atoms with Crippen LogP contribution in [-0.2, 0) is 4.79 Å². The number of hydrogen-bond donors (Lipinski definition) is 0. The average Bonchev–Trinajstić information content (AvgIpc) is 2.13. The highest BCUT2D eigenvalue weighted by Gasteiger charge is 2.15. The maximum absolute atomic E-state index is 10.6. The fourth-order valence-corrected chi connectivity index (χ4v) is 2.61. The molecule has 1 heterocycles. The summed E-state index contributed by atoms with van der Waals surface area (Å²) in [4.78, 5) is 14.4. The number of aliphatic imine (C=N–C) groups is 1. The summed E-state index contributed by atoms with van der Waals surface area (Å²) in [6.45, 7) is 4.19. The molecule has 0 aromatic carbocycles. The first-order chi connectivity index (χ1) is 4.68. The van der Waals surface area contributed by atoms with Crippen molar-refractivity contribution in [2.75, 3.05) is 5.75 Å². The number of carbonyl (C=O) groups excluding carboxylic acids is 1. The Morgan fingerprint density at radius 3 is 2.80 bits per heavy atom. The van der Waals surface area contributed by atoms with Crippen LogP contribution < -0.4 is 0 Å². The van der Waals surface area contributed by atoms with Crippen LogP contribution >= 0.6 is 23.5 Å². The molecular weight excluding hydrogens is 166 g/mol. The van der Waals surface area contributed by atoms with E-state index in [1.807, 2.05) is 0 Å². The molecule has 2 nitrogen and oxygen atoms in total. The van der Waals surface area contributed by atoms with Gasteiger partial charge in [0, 0.05) is 5.25 Å². The minimum atomic E-state index is 0.00755. The smallest absolute Gasteiger partial charge is 0.257 e. The Kier molecular flexibility index (Phi) is 2.80. The molecule has 4 heteroatoms. The van der Waals surface area contributed by atoms with Gasteiger partial charge in [0.15, 0.2) is 0 Å². The second kappa shape index (κ2) is 3.44. The molecule has 0 aliphatic carbocycles. The Morgan fingerprint density at radius 2 is 2.40 bits per heavy atom. The summed E-state index contributed by atoms with van der Waals surface area (Å²) < 4.78 is 0.931. The quantitative estimate of drug-likeness (QED) is 0.608. The van der Waals surface area contributed by atoms with E-state index < -0.39 is 0 Å². The lowest BCUT2D eigenvalue weighted by Crippen LogP contribution is -1.90. The standard InChI is InChI=1S/C6H9NOS2/c1-4(2)10-6-7-5(8)3-9-6/h4H,3H2,1-2H3. The summed E-state index contributed by atoms with van der Waals surface area (Å²) in [5.74, 6) is 0.544. The summed E-state index contributed by atoms with van der Waals surface area (Å²) in [6, 6.07) is 0. The highest BCUT2D eigenvalue weighted by atomic mass is 32.2. The van der Waals surface area contributed by atoms with Gasteiger partial charge in [-0.2, -0.15) is 4.99 Å². The number of carbonyl (C=O) groups is 1. The molecule has 0 fully saturated rings. The monoisotopic (exact) mass is 175 g/mol. The van der Waals surface area contributed by atoms with E-state index in [1.54, 1.807) is 23.5 Å². The second-order valence-electron chi connectivity index (χ2n) is 2.23. The summed E-state index contributed by atoms with van der Waals surface area (Å²) in [5, 5.41) is 0.525.